The van der Waals surface area contributed by atoms with E-state index >= 15 is 0 Å². The first-order valence-corrected chi connectivity index (χ1v) is 13.0. The van der Waals surface area contributed by atoms with Crippen molar-refractivity contribution in [2.24, 2.45) is 4.99 Å². The Bertz CT molecular complexity index is 972. The molecule has 4 rings (SSSR count). The number of carbonyl (C=O) groups is 2. The van der Waals surface area contributed by atoms with Crippen molar-refractivity contribution in [3.8, 4) is 0 Å². The van der Waals surface area contributed by atoms with Crippen LogP contribution in [0, 0.1) is 0 Å². The van der Waals surface area contributed by atoms with Crippen molar-refractivity contribution in [2.75, 3.05) is 49.6 Å². The Morgan fingerprint density at radius 1 is 1.13 bits per heavy atom. The summed E-state index contributed by atoms with van der Waals surface area (Å²) in [6, 6.07) is 7.45. The van der Waals surface area contributed by atoms with Gasteiger partial charge in [-0.2, -0.15) is 0 Å². The van der Waals surface area contributed by atoms with Crippen LogP contribution in [-0.2, 0) is 25.8 Å². The standard InChI is InChI=1S/C20H26N4O5S2/c1-2-29-20(26)24-9-7-23(8-10-24)18(25)11-14-3-5-15(6-4-14)21-19-22-16-12-31(27,28)13-17(16)30-19/h3-6,16-17H,2,7-13H2,1H3,(H,21,22)/t16-,17+/m0/s1. The third-order valence-electron chi connectivity index (χ3n) is 5.54. The molecule has 0 unspecified atom stereocenters. The van der Waals surface area contributed by atoms with Gasteiger partial charge in [-0.15, -0.1) is 0 Å². The average Bonchev–Trinajstić information content (AvgIpc) is 3.22. The van der Waals surface area contributed by atoms with E-state index in [9.17, 15) is 18.0 Å². The van der Waals surface area contributed by atoms with Gasteiger partial charge in [0, 0.05) is 37.1 Å². The molecule has 2 saturated heterocycles. The van der Waals surface area contributed by atoms with Crippen molar-refractivity contribution in [1.29, 1.82) is 0 Å². The molecule has 2 atom stereocenters. The molecule has 1 aromatic carbocycles. The summed E-state index contributed by atoms with van der Waals surface area (Å²) < 4.78 is 28.3. The highest BCUT2D eigenvalue weighted by atomic mass is 32.2. The second kappa shape index (κ2) is 9.07. The number of aliphatic imine (C=N–C) groups is 1. The van der Waals surface area contributed by atoms with Crippen LogP contribution in [0.15, 0.2) is 29.3 Å². The lowest BCUT2D eigenvalue weighted by Gasteiger charge is -2.34. The van der Waals surface area contributed by atoms with Crippen molar-refractivity contribution in [2.45, 2.75) is 24.6 Å². The Hall–Kier alpha value is -2.27. The fourth-order valence-corrected chi connectivity index (χ4v) is 7.56. The lowest BCUT2D eigenvalue weighted by atomic mass is 10.1. The monoisotopic (exact) mass is 466 g/mol. The minimum Gasteiger partial charge on any atom is -0.450 e. The quantitative estimate of drug-likeness (QED) is 0.710. The molecule has 0 saturated carbocycles. The van der Waals surface area contributed by atoms with Gasteiger partial charge in [0.1, 0.15) is 0 Å². The predicted molar refractivity (Wildman–Crippen MR) is 120 cm³/mol. The number of hydrogen-bond acceptors (Lipinski definition) is 8. The second-order valence-electron chi connectivity index (χ2n) is 7.80. The van der Waals surface area contributed by atoms with Gasteiger partial charge in [0.25, 0.3) is 0 Å². The maximum Gasteiger partial charge on any atom is 0.409 e. The van der Waals surface area contributed by atoms with Crippen LogP contribution in [0.1, 0.15) is 12.5 Å². The van der Waals surface area contributed by atoms with Crippen LogP contribution < -0.4 is 5.32 Å². The van der Waals surface area contributed by atoms with Gasteiger partial charge in [-0.3, -0.25) is 9.79 Å². The van der Waals surface area contributed by atoms with Crippen molar-refractivity contribution in [3.63, 3.8) is 0 Å². The number of nitrogens with one attached hydrogen (secondary N) is 1. The molecule has 0 spiro atoms. The van der Waals surface area contributed by atoms with Crippen LogP contribution in [0.2, 0.25) is 0 Å². The second-order valence-corrected chi connectivity index (χ2v) is 11.2. The van der Waals surface area contributed by atoms with E-state index in [-0.39, 0.29) is 34.8 Å². The molecule has 0 bridgehead atoms. The van der Waals surface area contributed by atoms with Gasteiger partial charge in [-0.25, -0.2) is 13.2 Å². The number of sulfone groups is 1. The summed E-state index contributed by atoms with van der Waals surface area (Å²) in [4.78, 5) is 32.3. The van der Waals surface area contributed by atoms with Crippen LogP contribution in [-0.4, -0.2) is 91.0 Å². The van der Waals surface area contributed by atoms with Gasteiger partial charge < -0.3 is 19.9 Å². The van der Waals surface area contributed by atoms with Crippen LogP contribution in [0.25, 0.3) is 0 Å². The number of nitrogens with zero attached hydrogens (tertiary/aromatic N) is 3. The van der Waals surface area contributed by atoms with Crippen LogP contribution in [0.3, 0.4) is 0 Å². The molecule has 1 N–H and O–H groups in total. The third-order valence-corrected chi connectivity index (χ3v) is 8.68. The van der Waals surface area contributed by atoms with E-state index in [0.717, 1.165) is 16.4 Å². The lowest BCUT2D eigenvalue weighted by molar-refractivity contribution is -0.132. The molecular formula is C20H26N4O5S2. The summed E-state index contributed by atoms with van der Waals surface area (Å²) in [5, 5.41) is 3.99. The first-order valence-electron chi connectivity index (χ1n) is 10.3. The van der Waals surface area contributed by atoms with Gasteiger partial charge in [-0.05, 0) is 24.6 Å². The van der Waals surface area contributed by atoms with Crippen LogP contribution in [0.4, 0.5) is 10.5 Å². The largest absolute Gasteiger partial charge is 0.450 e. The number of carbonyl (C=O) groups excluding carboxylic acids is 2. The minimum absolute atomic E-state index is 0.00805. The highest BCUT2D eigenvalue weighted by molar-refractivity contribution is 8.15. The van der Waals surface area contributed by atoms with Gasteiger partial charge >= 0.3 is 6.09 Å². The lowest BCUT2D eigenvalue weighted by Crippen LogP contribution is -2.51. The zero-order valence-corrected chi connectivity index (χ0v) is 19.0. The van der Waals surface area contributed by atoms with E-state index in [1.807, 2.05) is 24.3 Å². The maximum absolute atomic E-state index is 12.6. The zero-order valence-electron chi connectivity index (χ0n) is 17.3. The SMILES string of the molecule is CCOC(=O)N1CCN(C(=O)Cc2ccc(NC3=N[C@H]4CS(=O)(=O)C[C@H]4S3)cc2)CC1. The zero-order chi connectivity index (χ0) is 22.0. The van der Waals surface area contributed by atoms with E-state index in [4.69, 9.17) is 4.74 Å². The minimum atomic E-state index is -2.96. The van der Waals surface area contributed by atoms with Crippen molar-refractivity contribution in [1.82, 2.24) is 9.80 Å². The van der Waals surface area contributed by atoms with Crippen LogP contribution in [0.5, 0.6) is 0 Å². The van der Waals surface area contributed by atoms with Gasteiger partial charge in [0.2, 0.25) is 5.91 Å². The average molecular weight is 467 g/mol. The Kier molecular flexibility index (Phi) is 6.42. The molecule has 2 fully saturated rings. The molecule has 3 aliphatic rings. The van der Waals surface area contributed by atoms with Crippen molar-refractivity contribution >= 4 is 44.5 Å². The normalized spacial score (nSPS) is 24.5. The Morgan fingerprint density at radius 2 is 1.81 bits per heavy atom. The highest BCUT2D eigenvalue weighted by Crippen LogP contribution is 2.34. The first-order chi connectivity index (χ1) is 14.8. The summed E-state index contributed by atoms with van der Waals surface area (Å²) in [5.74, 6) is 0.353. The molecule has 9 nitrogen and oxygen atoms in total. The Morgan fingerprint density at radius 3 is 2.45 bits per heavy atom. The Labute approximate surface area is 186 Å². The molecular weight excluding hydrogens is 440 g/mol. The number of benzene rings is 1. The molecule has 0 aromatic heterocycles. The van der Waals surface area contributed by atoms with Gasteiger partial charge in [0.15, 0.2) is 15.0 Å². The molecule has 1 aromatic rings. The first kappa shape index (κ1) is 21.9. The van der Waals surface area contributed by atoms with E-state index in [1.54, 1.807) is 16.7 Å². The fraction of sp³-hybridized carbons (Fsp3) is 0.550. The molecule has 11 heteroatoms. The number of rotatable bonds is 4. The molecule has 3 aliphatic heterocycles. The number of amides is 2. The predicted octanol–water partition coefficient (Wildman–Crippen LogP) is 1.21. The van der Waals surface area contributed by atoms with Crippen molar-refractivity contribution in [3.05, 3.63) is 29.8 Å². The van der Waals surface area contributed by atoms with Gasteiger partial charge in [0.05, 0.1) is 30.6 Å². The summed E-state index contributed by atoms with van der Waals surface area (Å²) in [6.45, 7) is 4.10. The summed E-state index contributed by atoms with van der Waals surface area (Å²) >= 11 is 1.48. The van der Waals surface area contributed by atoms with E-state index in [2.05, 4.69) is 10.3 Å². The number of hydrogen-bond donors (Lipinski definition) is 1. The maximum atomic E-state index is 12.6. The smallest absolute Gasteiger partial charge is 0.409 e. The molecule has 0 aliphatic carbocycles. The molecule has 2 amide bonds. The Balaban J connectivity index is 1.26. The summed E-state index contributed by atoms with van der Waals surface area (Å²) in [5.41, 5.74) is 1.76. The summed E-state index contributed by atoms with van der Waals surface area (Å²) in [7, 11) is -2.96. The van der Waals surface area contributed by atoms with E-state index < -0.39 is 9.84 Å². The van der Waals surface area contributed by atoms with Crippen LogP contribution >= 0.6 is 11.8 Å². The summed E-state index contributed by atoms with van der Waals surface area (Å²) in [6.07, 6.45) is -0.0230. The molecule has 31 heavy (non-hydrogen) atoms. The number of anilines is 1. The highest BCUT2D eigenvalue weighted by Gasteiger charge is 2.42. The fourth-order valence-electron chi connectivity index (χ4n) is 3.89. The number of amidine groups is 1. The topological polar surface area (TPSA) is 108 Å². The third kappa shape index (κ3) is 5.32. The molecule has 0 radical (unpaired) electrons. The van der Waals surface area contributed by atoms with Gasteiger partial charge in [-0.1, -0.05) is 23.9 Å². The molecule has 168 valence electrons. The van der Waals surface area contributed by atoms with E-state index in [0.29, 0.717) is 39.2 Å². The number of thioether (sulfide) groups is 1. The van der Waals surface area contributed by atoms with Crippen molar-refractivity contribution < 1.29 is 22.7 Å². The number of piperazine rings is 1. The molecule has 3 heterocycles. The number of ether oxygens (including phenoxy) is 1. The number of fused-ring (bicyclic) bond motifs is 1. The van der Waals surface area contributed by atoms with E-state index in [1.165, 1.54) is 11.8 Å².